The van der Waals surface area contributed by atoms with Crippen molar-refractivity contribution in [2.24, 2.45) is 0 Å². The Morgan fingerprint density at radius 2 is 2.00 bits per heavy atom. The van der Waals surface area contributed by atoms with Gasteiger partial charge >= 0.3 is 5.97 Å². The first-order chi connectivity index (χ1) is 10.8. The topological polar surface area (TPSA) is 60.9 Å². The van der Waals surface area contributed by atoms with Crippen molar-refractivity contribution in [3.63, 3.8) is 0 Å². The average Bonchev–Trinajstić information content (AvgIpc) is 2.76. The molecule has 122 valence electrons. The van der Waals surface area contributed by atoms with Crippen LogP contribution >= 0.6 is 24.0 Å². The van der Waals surface area contributed by atoms with Gasteiger partial charge in [-0.1, -0.05) is 43.0 Å². The minimum Gasteiger partial charge on any atom is -0.480 e. The average molecular weight is 350 g/mol. The van der Waals surface area contributed by atoms with Gasteiger partial charge in [0.25, 0.3) is 5.91 Å². The van der Waals surface area contributed by atoms with E-state index in [1.165, 1.54) is 4.90 Å². The number of thioether (sulfide) groups is 1. The molecule has 0 spiro atoms. The predicted octanol–water partition coefficient (Wildman–Crippen LogP) is 2.82. The van der Waals surface area contributed by atoms with Crippen LogP contribution in [-0.2, 0) is 9.59 Å². The summed E-state index contributed by atoms with van der Waals surface area (Å²) in [5, 5.41) is 9.24. The molecule has 1 saturated heterocycles. The Morgan fingerprint density at radius 1 is 1.39 bits per heavy atom. The van der Waals surface area contributed by atoms with Gasteiger partial charge in [0.15, 0.2) is 0 Å². The van der Waals surface area contributed by atoms with Gasteiger partial charge < -0.3 is 10.0 Å². The van der Waals surface area contributed by atoms with Crippen molar-refractivity contribution < 1.29 is 14.7 Å². The Hall–Kier alpha value is -1.86. The molecule has 0 bridgehead atoms. The molecule has 1 aromatic rings. The Balaban J connectivity index is 2.26. The molecule has 1 N–H and O–H groups in total. The molecule has 1 aliphatic heterocycles. The summed E-state index contributed by atoms with van der Waals surface area (Å²) in [7, 11) is 3.91. The highest BCUT2D eigenvalue weighted by atomic mass is 32.2. The number of anilines is 1. The minimum absolute atomic E-state index is 0.292. The van der Waals surface area contributed by atoms with Crippen LogP contribution in [0.1, 0.15) is 18.9 Å². The minimum atomic E-state index is -1.04. The highest BCUT2D eigenvalue weighted by molar-refractivity contribution is 8.26. The second kappa shape index (κ2) is 7.14. The van der Waals surface area contributed by atoms with Crippen LogP contribution < -0.4 is 4.90 Å². The van der Waals surface area contributed by atoms with E-state index in [0.717, 1.165) is 23.0 Å². The van der Waals surface area contributed by atoms with Crippen molar-refractivity contribution >= 4 is 51.9 Å². The zero-order chi connectivity index (χ0) is 17.1. The lowest BCUT2D eigenvalue weighted by molar-refractivity contribution is -0.145. The van der Waals surface area contributed by atoms with E-state index in [0.29, 0.717) is 15.6 Å². The van der Waals surface area contributed by atoms with E-state index < -0.39 is 12.0 Å². The monoisotopic (exact) mass is 350 g/mol. The molecule has 1 fully saturated rings. The molecule has 1 heterocycles. The second-order valence-corrected chi connectivity index (χ2v) is 6.98. The van der Waals surface area contributed by atoms with Gasteiger partial charge in [-0.15, -0.1) is 0 Å². The van der Waals surface area contributed by atoms with Crippen LogP contribution in [0.5, 0.6) is 0 Å². The number of nitrogens with zero attached hydrogens (tertiary/aromatic N) is 2. The number of aliphatic carboxylic acids is 1. The van der Waals surface area contributed by atoms with Gasteiger partial charge in [0.2, 0.25) is 0 Å². The fourth-order valence-electron chi connectivity index (χ4n) is 2.24. The van der Waals surface area contributed by atoms with Crippen LogP contribution in [0, 0.1) is 0 Å². The van der Waals surface area contributed by atoms with Crippen LogP contribution in [0.3, 0.4) is 0 Å². The number of thiocarbonyl (C=S) groups is 1. The number of hydrogen-bond acceptors (Lipinski definition) is 5. The number of carboxylic acid groups (broad SMARTS) is 1. The van der Waals surface area contributed by atoms with E-state index in [2.05, 4.69) is 0 Å². The number of carbonyl (C=O) groups is 2. The first-order valence-corrected chi connectivity index (χ1v) is 8.35. The molecule has 1 amide bonds. The predicted molar refractivity (Wildman–Crippen MR) is 97.5 cm³/mol. The van der Waals surface area contributed by atoms with E-state index >= 15 is 0 Å². The zero-order valence-corrected chi connectivity index (χ0v) is 14.8. The third-order valence-electron chi connectivity index (χ3n) is 3.51. The molecular weight excluding hydrogens is 332 g/mol. The SMILES string of the molecule is CCC(C(=O)O)N1C(=O)/C(=C/c2ccc(N(C)C)cc2)SC1=S. The van der Waals surface area contributed by atoms with Crippen molar-refractivity contribution in [1.82, 2.24) is 4.90 Å². The summed E-state index contributed by atoms with van der Waals surface area (Å²) in [6, 6.07) is 6.83. The summed E-state index contributed by atoms with van der Waals surface area (Å²) in [5.74, 6) is -1.38. The molecule has 23 heavy (non-hydrogen) atoms. The lowest BCUT2D eigenvalue weighted by Gasteiger charge is -2.21. The van der Waals surface area contributed by atoms with E-state index in [1.54, 1.807) is 13.0 Å². The fraction of sp³-hybridized carbons (Fsp3) is 0.312. The van der Waals surface area contributed by atoms with Crippen molar-refractivity contribution in [2.45, 2.75) is 19.4 Å². The standard InChI is InChI=1S/C16H18N2O3S2/c1-4-12(15(20)21)18-14(19)13(23-16(18)22)9-10-5-7-11(8-6-10)17(2)3/h5-9,12H,4H2,1-3H3,(H,20,21)/b13-9-. The van der Waals surface area contributed by atoms with Crippen LogP contribution in [0.25, 0.3) is 6.08 Å². The Kier molecular flexibility index (Phi) is 5.43. The summed E-state index contributed by atoms with van der Waals surface area (Å²) >= 11 is 6.33. The van der Waals surface area contributed by atoms with Crippen molar-refractivity contribution in [3.8, 4) is 0 Å². The maximum Gasteiger partial charge on any atom is 0.326 e. The first kappa shape index (κ1) is 17.5. The number of benzene rings is 1. The number of carboxylic acids is 1. The van der Waals surface area contributed by atoms with Gasteiger partial charge in [-0.2, -0.15) is 0 Å². The molecule has 0 saturated carbocycles. The molecule has 1 aliphatic rings. The van der Waals surface area contributed by atoms with Crippen LogP contribution in [-0.4, -0.2) is 46.3 Å². The molecule has 1 atom stereocenters. The highest BCUT2D eigenvalue weighted by Gasteiger charge is 2.39. The summed E-state index contributed by atoms with van der Waals surface area (Å²) in [5.41, 5.74) is 1.94. The molecular formula is C16H18N2O3S2. The second-order valence-electron chi connectivity index (χ2n) is 5.30. The summed E-state index contributed by atoms with van der Waals surface area (Å²) in [4.78, 5) is 27.4. The Bertz CT molecular complexity index is 668. The van der Waals surface area contributed by atoms with Crippen molar-refractivity contribution in [3.05, 3.63) is 34.7 Å². The summed E-state index contributed by atoms with van der Waals surface area (Å²) in [6.07, 6.45) is 2.06. The Morgan fingerprint density at radius 3 is 2.48 bits per heavy atom. The zero-order valence-electron chi connectivity index (χ0n) is 13.1. The molecule has 7 heteroatoms. The fourth-order valence-corrected chi connectivity index (χ4v) is 3.59. The summed E-state index contributed by atoms with van der Waals surface area (Å²) in [6.45, 7) is 1.72. The number of amides is 1. The highest BCUT2D eigenvalue weighted by Crippen LogP contribution is 2.34. The van der Waals surface area contributed by atoms with Gasteiger partial charge in [-0.05, 0) is 30.2 Å². The number of rotatable bonds is 5. The van der Waals surface area contributed by atoms with E-state index in [1.807, 2.05) is 43.3 Å². The molecule has 0 radical (unpaired) electrons. The van der Waals surface area contributed by atoms with Gasteiger partial charge in [0, 0.05) is 19.8 Å². The molecule has 2 rings (SSSR count). The van der Waals surface area contributed by atoms with Crippen LogP contribution in [0.15, 0.2) is 29.2 Å². The molecule has 5 nitrogen and oxygen atoms in total. The largest absolute Gasteiger partial charge is 0.480 e. The molecule has 1 unspecified atom stereocenters. The third kappa shape index (κ3) is 3.73. The van der Waals surface area contributed by atoms with Gasteiger partial charge in [-0.25, -0.2) is 4.79 Å². The molecule has 1 aromatic carbocycles. The van der Waals surface area contributed by atoms with Gasteiger partial charge in [0.1, 0.15) is 10.4 Å². The maximum atomic E-state index is 12.5. The van der Waals surface area contributed by atoms with Crippen molar-refractivity contribution in [1.29, 1.82) is 0 Å². The van der Waals surface area contributed by atoms with Crippen LogP contribution in [0.2, 0.25) is 0 Å². The Labute approximate surface area is 145 Å². The number of hydrogen-bond donors (Lipinski definition) is 1. The lowest BCUT2D eigenvalue weighted by Crippen LogP contribution is -2.43. The normalized spacial score (nSPS) is 17.7. The smallest absolute Gasteiger partial charge is 0.326 e. The van der Waals surface area contributed by atoms with Gasteiger partial charge in [-0.3, -0.25) is 9.69 Å². The molecule has 0 aromatic heterocycles. The summed E-state index contributed by atoms with van der Waals surface area (Å²) < 4.78 is 0.292. The quantitative estimate of drug-likeness (QED) is 0.651. The van der Waals surface area contributed by atoms with Gasteiger partial charge in [0.05, 0.1) is 4.91 Å². The third-order valence-corrected chi connectivity index (χ3v) is 4.84. The van der Waals surface area contributed by atoms with E-state index in [-0.39, 0.29) is 5.91 Å². The van der Waals surface area contributed by atoms with E-state index in [9.17, 15) is 14.7 Å². The van der Waals surface area contributed by atoms with E-state index in [4.69, 9.17) is 12.2 Å². The van der Waals surface area contributed by atoms with Crippen LogP contribution in [0.4, 0.5) is 5.69 Å². The lowest BCUT2D eigenvalue weighted by atomic mass is 10.1. The molecule has 0 aliphatic carbocycles. The van der Waals surface area contributed by atoms with Crippen molar-refractivity contribution in [2.75, 3.05) is 19.0 Å². The number of carbonyl (C=O) groups excluding carboxylic acids is 1. The maximum absolute atomic E-state index is 12.5. The first-order valence-electron chi connectivity index (χ1n) is 7.12.